The minimum absolute atomic E-state index is 0.232. The molecule has 0 fully saturated rings. The second kappa shape index (κ2) is 10.2. The molecule has 2 rings (SSSR count). The Labute approximate surface area is 153 Å². The number of nitrogens with one attached hydrogen (secondary N) is 3. The average Bonchev–Trinajstić information content (AvgIpc) is 2.65. The van der Waals surface area contributed by atoms with Crippen molar-refractivity contribution in [2.75, 3.05) is 11.9 Å². The molecule has 2 aromatic carbocycles. The van der Waals surface area contributed by atoms with Gasteiger partial charge in [0, 0.05) is 24.3 Å². The molecule has 0 radical (unpaired) electrons. The average molecular weight is 357 g/mol. The van der Waals surface area contributed by atoms with E-state index in [1.807, 2.05) is 0 Å². The summed E-state index contributed by atoms with van der Waals surface area (Å²) in [6.45, 7) is 3.07. The van der Waals surface area contributed by atoms with Gasteiger partial charge in [-0.05, 0) is 48.4 Å². The standard InChI is InChI=1S/C20H24FN3O2/c1-2-3-4-13-22-20(26)24-18-11-7-16(8-12-18)19(25)23-14-15-5-9-17(21)10-6-15/h5-12H,2-4,13-14H2,1H3,(H,23,25)(H2,22,24,26). The zero-order chi connectivity index (χ0) is 18.8. The summed E-state index contributed by atoms with van der Waals surface area (Å²) >= 11 is 0. The second-order valence-electron chi connectivity index (χ2n) is 5.97. The molecule has 26 heavy (non-hydrogen) atoms. The molecular formula is C20H24FN3O2. The van der Waals surface area contributed by atoms with Gasteiger partial charge >= 0.3 is 6.03 Å². The van der Waals surface area contributed by atoms with Crippen LogP contribution >= 0.6 is 0 Å². The third-order valence-corrected chi connectivity index (χ3v) is 3.84. The van der Waals surface area contributed by atoms with Crippen LogP contribution in [0.15, 0.2) is 48.5 Å². The number of carbonyl (C=O) groups is 2. The van der Waals surface area contributed by atoms with E-state index in [1.54, 1.807) is 36.4 Å². The summed E-state index contributed by atoms with van der Waals surface area (Å²) in [5.41, 5.74) is 1.92. The summed E-state index contributed by atoms with van der Waals surface area (Å²) in [5.74, 6) is -0.539. The van der Waals surface area contributed by atoms with E-state index in [2.05, 4.69) is 22.9 Å². The first-order valence-electron chi connectivity index (χ1n) is 8.76. The lowest BCUT2D eigenvalue weighted by Gasteiger charge is -2.09. The van der Waals surface area contributed by atoms with Crippen molar-refractivity contribution in [1.82, 2.24) is 10.6 Å². The highest BCUT2D eigenvalue weighted by Crippen LogP contribution is 2.10. The number of unbranched alkanes of at least 4 members (excludes halogenated alkanes) is 2. The van der Waals surface area contributed by atoms with Gasteiger partial charge in [0.1, 0.15) is 5.82 Å². The molecule has 5 nitrogen and oxygen atoms in total. The number of benzene rings is 2. The number of rotatable bonds is 8. The first kappa shape index (κ1) is 19.4. The van der Waals surface area contributed by atoms with E-state index in [0.29, 0.717) is 24.3 Å². The van der Waals surface area contributed by atoms with Gasteiger partial charge in [-0.3, -0.25) is 4.79 Å². The summed E-state index contributed by atoms with van der Waals surface area (Å²) in [4.78, 5) is 23.9. The summed E-state index contributed by atoms with van der Waals surface area (Å²) in [5, 5.41) is 8.29. The number of hydrogen-bond acceptors (Lipinski definition) is 2. The number of hydrogen-bond donors (Lipinski definition) is 3. The third-order valence-electron chi connectivity index (χ3n) is 3.84. The minimum atomic E-state index is -0.308. The van der Waals surface area contributed by atoms with Crippen molar-refractivity contribution in [1.29, 1.82) is 0 Å². The van der Waals surface area contributed by atoms with Gasteiger partial charge in [-0.25, -0.2) is 9.18 Å². The maximum Gasteiger partial charge on any atom is 0.319 e. The molecule has 0 bridgehead atoms. The van der Waals surface area contributed by atoms with Gasteiger partial charge < -0.3 is 16.0 Å². The Morgan fingerprint density at radius 3 is 2.27 bits per heavy atom. The van der Waals surface area contributed by atoms with E-state index in [9.17, 15) is 14.0 Å². The fraction of sp³-hybridized carbons (Fsp3) is 0.300. The van der Waals surface area contributed by atoms with Gasteiger partial charge in [0.05, 0.1) is 0 Å². The molecule has 0 spiro atoms. The zero-order valence-corrected chi connectivity index (χ0v) is 14.8. The van der Waals surface area contributed by atoms with Crippen LogP contribution in [0.5, 0.6) is 0 Å². The van der Waals surface area contributed by atoms with Gasteiger partial charge in [-0.15, -0.1) is 0 Å². The van der Waals surface area contributed by atoms with Crippen LogP contribution in [-0.4, -0.2) is 18.5 Å². The van der Waals surface area contributed by atoms with Crippen molar-refractivity contribution in [3.05, 3.63) is 65.5 Å². The molecule has 0 aromatic heterocycles. The molecule has 138 valence electrons. The lowest BCUT2D eigenvalue weighted by Crippen LogP contribution is -2.29. The largest absolute Gasteiger partial charge is 0.348 e. The zero-order valence-electron chi connectivity index (χ0n) is 14.8. The molecule has 0 aliphatic carbocycles. The van der Waals surface area contributed by atoms with Gasteiger partial charge in [0.15, 0.2) is 0 Å². The van der Waals surface area contributed by atoms with Gasteiger partial charge in [0.2, 0.25) is 0 Å². The van der Waals surface area contributed by atoms with Crippen molar-refractivity contribution < 1.29 is 14.0 Å². The van der Waals surface area contributed by atoms with Crippen LogP contribution in [0.1, 0.15) is 42.1 Å². The maximum absolute atomic E-state index is 12.9. The molecule has 0 aliphatic rings. The van der Waals surface area contributed by atoms with Crippen molar-refractivity contribution in [2.45, 2.75) is 32.7 Å². The highest BCUT2D eigenvalue weighted by Gasteiger charge is 2.06. The topological polar surface area (TPSA) is 70.2 Å². The Morgan fingerprint density at radius 1 is 0.923 bits per heavy atom. The van der Waals surface area contributed by atoms with Crippen LogP contribution < -0.4 is 16.0 Å². The molecule has 3 N–H and O–H groups in total. The van der Waals surface area contributed by atoms with E-state index in [4.69, 9.17) is 0 Å². The summed E-state index contributed by atoms with van der Waals surface area (Å²) < 4.78 is 12.9. The van der Waals surface area contributed by atoms with E-state index in [0.717, 1.165) is 24.8 Å². The minimum Gasteiger partial charge on any atom is -0.348 e. The number of carbonyl (C=O) groups excluding carboxylic acids is 2. The predicted octanol–water partition coefficient (Wildman–Crippen LogP) is 4.07. The quantitative estimate of drug-likeness (QED) is 0.623. The third kappa shape index (κ3) is 6.55. The molecule has 6 heteroatoms. The molecule has 0 saturated carbocycles. The Kier molecular flexibility index (Phi) is 7.61. The highest BCUT2D eigenvalue weighted by molar-refractivity contribution is 5.95. The Balaban J connectivity index is 1.79. The van der Waals surface area contributed by atoms with Crippen LogP contribution in [0.2, 0.25) is 0 Å². The Hall–Kier alpha value is -2.89. The fourth-order valence-electron chi connectivity index (χ4n) is 2.34. The molecule has 0 aliphatic heterocycles. The van der Waals surface area contributed by atoms with E-state index < -0.39 is 0 Å². The van der Waals surface area contributed by atoms with E-state index in [1.165, 1.54) is 12.1 Å². The SMILES string of the molecule is CCCCCNC(=O)Nc1ccc(C(=O)NCc2ccc(F)cc2)cc1. The van der Waals surface area contributed by atoms with Crippen molar-refractivity contribution in [2.24, 2.45) is 0 Å². The molecule has 0 unspecified atom stereocenters. The first-order valence-corrected chi connectivity index (χ1v) is 8.76. The molecule has 3 amide bonds. The fourth-order valence-corrected chi connectivity index (χ4v) is 2.34. The predicted molar refractivity (Wildman–Crippen MR) is 101 cm³/mol. The van der Waals surface area contributed by atoms with Crippen LogP contribution in [-0.2, 0) is 6.54 Å². The molecule has 2 aromatic rings. The molecule has 0 saturated heterocycles. The normalized spacial score (nSPS) is 10.2. The lowest BCUT2D eigenvalue weighted by molar-refractivity contribution is 0.0951. The number of urea groups is 1. The van der Waals surface area contributed by atoms with Crippen molar-refractivity contribution >= 4 is 17.6 Å². The number of halogens is 1. The number of amides is 3. The van der Waals surface area contributed by atoms with Gasteiger partial charge in [-0.2, -0.15) is 0 Å². The second-order valence-corrected chi connectivity index (χ2v) is 5.97. The highest BCUT2D eigenvalue weighted by atomic mass is 19.1. The number of anilines is 1. The van der Waals surface area contributed by atoms with Crippen LogP contribution in [0.25, 0.3) is 0 Å². The maximum atomic E-state index is 12.9. The van der Waals surface area contributed by atoms with Crippen LogP contribution in [0.3, 0.4) is 0 Å². The molecule has 0 atom stereocenters. The van der Waals surface area contributed by atoms with Crippen LogP contribution in [0.4, 0.5) is 14.9 Å². The van der Waals surface area contributed by atoms with E-state index in [-0.39, 0.29) is 17.8 Å². The van der Waals surface area contributed by atoms with Crippen molar-refractivity contribution in [3.8, 4) is 0 Å². The molecule has 0 heterocycles. The van der Waals surface area contributed by atoms with Gasteiger partial charge in [0.25, 0.3) is 5.91 Å². The smallest absolute Gasteiger partial charge is 0.319 e. The monoisotopic (exact) mass is 357 g/mol. The van der Waals surface area contributed by atoms with Crippen molar-refractivity contribution in [3.63, 3.8) is 0 Å². The Bertz CT molecular complexity index is 715. The summed E-state index contributed by atoms with van der Waals surface area (Å²) in [6, 6.07) is 12.4. The summed E-state index contributed by atoms with van der Waals surface area (Å²) in [6.07, 6.45) is 3.15. The summed E-state index contributed by atoms with van der Waals surface area (Å²) in [7, 11) is 0. The molecular weight excluding hydrogens is 333 g/mol. The Morgan fingerprint density at radius 2 is 1.62 bits per heavy atom. The first-order chi connectivity index (χ1) is 12.6. The lowest BCUT2D eigenvalue weighted by atomic mass is 10.1. The van der Waals surface area contributed by atoms with E-state index >= 15 is 0 Å². The van der Waals surface area contributed by atoms with Crippen LogP contribution in [0, 0.1) is 5.82 Å². The van der Waals surface area contributed by atoms with Gasteiger partial charge in [-0.1, -0.05) is 31.9 Å².